The molecule has 1 aliphatic carbocycles. The van der Waals surface area contributed by atoms with Gasteiger partial charge in [-0.15, -0.1) is 0 Å². The van der Waals surface area contributed by atoms with Crippen molar-refractivity contribution in [3.63, 3.8) is 0 Å². The average molecular weight is 1330 g/mol. The molecule has 8 atom stereocenters. The molecule has 25 heteroatoms. The van der Waals surface area contributed by atoms with E-state index >= 15 is 14.0 Å². The van der Waals surface area contributed by atoms with Gasteiger partial charge in [-0.25, -0.2) is 8.78 Å². The Kier molecular flexibility index (Phi) is 23.9. The molecule has 502 valence electrons. The van der Waals surface area contributed by atoms with E-state index in [1.807, 2.05) is 18.2 Å². The van der Waals surface area contributed by atoms with Gasteiger partial charge in [0.1, 0.15) is 53.6 Å². The van der Waals surface area contributed by atoms with Crippen molar-refractivity contribution in [2.45, 2.75) is 163 Å². The van der Waals surface area contributed by atoms with Gasteiger partial charge in [0.2, 0.25) is 53.2 Å². The van der Waals surface area contributed by atoms with E-state index in [9.17, 15) is 43.1 Å². The van der Waals surface area contributed by atoms with Gasteiger partial charge in [0.05, 0.1) is 13.1 Å². The van der Waals surface area contributed by atoms with Gasteiger partial charge in [-0.2, -0.15) is 23.5 Å². The van der Waals surface area contributed by atoms with Crippen molar-refractivity contribution in [2.24, 2.45) is 5.92 Å². The molecule has 5 heterocycles. The van der Waals surface area contributed by atoms with Gasteiger partial charge in [-0.05, 0) is 134 Å². The van der Waals surface area contributed by atoms with E-state index in [0.717, 1.165) is 56.1 Å². The highest BCUT2D eigenvalue weighted by Crippen LogP contribution is 2.45. The minimum atomic E-state index is -1.45. The normalized spacial score (nSPS) is 25.4. The number of aromatic hydroxyl groups is 1. The number of phenolic OH excluding ortho intramolecular Hbond substituents is 1. The van der Waals surface area contributed by atoms with Crippen molar-refractivity contribution in [3.05, 3.63) is 131 Å². The van der Waals surface area contributed by atoms with Crippen molar-refractivity contribution in [1.82, 2.24) is 52.0 Å². The number of hydrogen-bond acceptors (Lipinski definition) is 13. The van der Waals surface area contributed by atoms with Crippen molar-refractivity contribution >= 4 is 93.3 Å². The molecule has 0 spiro atoms. The molecule has 4 aliphatic heterocycles. The molecule has 1 saturated carbocycles. The van der Waals surface area contributed by atoms with Crippen LogP contribution in [0.4, 0.5) is 14.5 Å². The summed E-state index contributed by atoms with van der Waals surface area (Å²) < 4.78 is 30.4. The number of aromatic nitrogens is 1. The van der Waals surface area contributed by atoms with Gasteiger partial charge in [0.15, 0.2) is 0 Å². The third kappa shape index (κ3) is 18.2. The summed E-state index contributed by atoms with van der Waals surface area (Å²) in [7, 11) is 0. The molecule has 1 aromatic heterocycles. The summed E-state index contributed by atoms with van der Waals surface area (Å²) in [6.07, 6.45) is 9.77. The number of benzene rings is 4. The fourth-order valence-corrected chi connectivity index (χ4v) is 15.4. The maximum Gasteiger partial charge on any atom is 0.246 e. The molecular weight excluding hydrogens is 1240 g/mol. The molecule has 4 aromatic carbocycles. The zero-order chi connectivity index (χ0) is 66.3. The highest BCUT2D eigenvalue weighted by atomic mass is 32.2. The molecule has 0 radical (unpaired) electrons. The lowest BCUT2D eigenvalue weighted by atomic mass is 9.77. The molecule has 9 amide bonds. The second-order valence-corrected chi connectivity index (χ2v) is 27.5. The van der Waals surface area contributed by atoms with Gasteiger partial charge < -0.3 is 62.4 Å². The van der Waals surface area contributed by atoms with Crippen LogP contribution in [0.5, 0.6) is 5.75 Å². The second-order valence-electron chi connectivity index (χ2n) is 25.3. The number of carbonyl (C=O) groups excluding carboxylic acids is 9. The Morgan fingerprint density at radius 2 is 1.20 bits per heavy atom. The Balaban J connectivity index is 0.937. The van der Waals surface area contributed by atoms with E-state index in [1.165, 1.54) is 59.2 Å². The maximum atomic E-state index is 15.7. The largest absolute Gasteiger partial charge is 0.508 e. The highest BCUT2D eigenvalue weighted by molar-refractivity contribution is 7.98. The van der Waals surface area contributed by atoms with Crippen LogP contribution in [0.3, 0.4) is 0 Å². The van der Waals surface area contributed by atoms with Crippen LogP contribution >= 0.6 is 23.5 Å². The van der Waals surface area contributed by atoms with Gasteiger partial charge in [0, 0.05) is 96.7 Å². The van der Waals surface area contributed by atoms with E-state index in [2.05, 4.69) is 53.6 Å². The summed E-state index contributed by atoms with van der Waals surface area (Å²) in [4.78, 5) is 135. The van der Waals surface area contributed by atoms with Crippen LogP contribution in [-0.4, -0.2) is 160 Å². The first kappa shape index (κ1) is 68.7. The van der Waals surface area contributed by atoms with Crippen LogP contribution in [0, 0.1) is 17.6 Å². The third-order valence-corrected chi connectivity index (χ3v) is 20.7. The lowest BCUT2D eigenvalue weighted by Crippen LogP contribution is -2.59. The molecular formula is C69H85F2N11O10S2. The van der Waals surface area contributed by atoms with E-state index in [1.54, 1.807) is 47.9 Å². The van der Waals surface area contributed by atoms with Gasteiger partial charge in [-0.1, -0.05) is 68.5 Å². The lowest BCUT2D eigenvalue weighted by molar-refractivity contribution is -0.143. The summed E-state index contributed by atoms with van der Waals surface area (Å²) >= 11 is 3.18. The topological polar surface area (TPSA) is 292 Å². The minimum Gasteiger partial charge on any atom is -0.508 e. The molecule has 2 bridgehead atoms. The summed E-state index contributed by atoms with van der Waals surface area (Å²) in [5.74, 6) is -4.66. The highest BCUT2D eigenvalue weighted by Gasteiger charge is 2.45. The molecule has 10 N–H and O–H groups in total. The predicted molar refractivity (Wildman–Crippen MR) is 356 cm³/mol. The first-order valence-corrected chi connectivity index (χ1v) is 35.2. The van der Waals surface area contributed by atoms with E-state index in [-0.39, 0.29) is 74.7 Å². The predicted octanol–water partition coefficient (Wildman–Crippen LogP) is 6.13. The molecule has 10 rings (SSSR count). The van der Waals surface area contributed by atoms with Crippen molar-refractivity contribution in [1.29, 1.82) is 0 Å². The van der Waals surface area contributed by atoms with E-state index in [0.29, 0.717) is 82.1 Å². The monoisotopic (exact) mass is 1330 g/mol. The van der Waals surface area contributed by atoms with Crippen LogP contribution < -0.4 is 42.5 Å². The number of halogens is 2. The van der Waals surface area contributed by atoms with Crippen LogP contribution in [0.2, 0.25) is 0 Å². The fourth-order valence-electron chi connectivity index (χ4n) is 13.7. The van der Waals surface area contributed by atoms with Crippen molar-refractivity contribution in [2.75, 3.05) is 49.5 Å². The summed E-state index contributed by atoms with van der Waals surface area (Å²) in [5.41, 5.74) is 5.04. The number of H-pyrrole nitrogens is 1. The van der Waals surface area contributed by atoms with Crippen molar-refractivity contribution in [3.8, 4) is 5.75 Å². The molecule has 94 heavy (non-hydrogen) atoms. The molecule has 21 nitrogen and oxygen atoms in total. The zero-order valence-electron chi connectivity index (χ0n) is 52.9. The Bertz CT molecular complexity index is 3550. The number of fused-ring (bicyclic) bond motifs is 6. The fraction of sp³-hybridized carbons (Fsp3) is 0.493. The van der Waals surface area contributed by atoms with Crippen LogP contribution in [0.25, 0.3) is 10.9 Å². The first-order chi connectivity index (χ1) is 45.4. The Labute approximate surface area is 554 Å². The number of hydrogen-bond donors (Lipinski definition) is 10. The van der Waals surface area contributed by atoms with Crippen LogP contribution in [0.1, 0.15) is 124 Å². The number of aromatic amines is 1. The number of nitrogens with zero attached hydrogens (tertiary/aromatic N) is 2. The van der Waals surface area contributed by atoms with E-state index in [4.69, 9.17) is 0 Å². The number of carbonyl (C=O) groups is 9. The summed E-state index contributed by atoms with van der Waals surface area (Å²) in [6, 6.07) is 15.3. The van der Waals surface area contributed by atoms with E-state index < -0.39 is 108 Å². The number of thioether (sulfide) groups is 2. The Morgan fingerprint density at radius 1 is 0.564 bits per heavy atom. The zero-order valence-corrected chi connectivity index (χ0v) is 54.5. The second kappa shape index (κ2) is 32.8. The van der Waals surface area contributed by atoms with Gasteiger partial charge in [0.25, 0.3) is 0 Å². The smallest absolute Gasteiger partial charge is 0.246 e. The molecule has 5 aromatic rings. The molecule has 2 unspecified atom stereocenters. The van der Waals surface area contributed by atoms with Gasteiger partial charge in [-0.3, -0.25) is 43.2 Å². The lowest BCUT2D eigenvalue weighted by Gasteiger charge is -2.35. The van der Waals surface area contributed by atoms with Crippen molar-refractivity contribution < 1.29 is 57.0 Å². The number of anilines is 1. The standard InChI is InChI=1S/C69H85F2N11O10S2/c1-41-64(87)79-56(31-42-16-20-49(83)21-17-42)68(91)81-26-8-14-58(81)66(89)72-25-29-94-40-44-11-7-10-43(30-44)39-93-28-24-60(84)74-37-61(85)75-38-62(86)77-55(32-46-36-73-53-22-18-47(70)33-50(46)53)65(88)80-57(69(92)82-27-9-15-59(82)67(90)76-41)35-52-51-34-48(71)19-23-54(51)78-63(52)45-12-5-3-2-4-6-13-45/h7,10-11,16-23,30,33-34,36,41,45,52,55-59,63,73,78,83H,2-6,8-9,12-15,24-29,31-32,35,37-40H2,1H3,(H,72,89)(H,74,84)(H,75,85)(H,76,90)(H,77,86)(H,79,87)(H,80,88)/t41-,52?,55-,56-,57-,58-,59-,63?/m0/s1. The molecule has 3 fully saturated rings. The minimum absolute atomic E-state index is 0.00142. The Hall–Kier alpha value is -8.19. The molecule has 5 aliphatic rings. The average Bonchev–Trinajstić information content (AvgIpc) is 1.63. The number of rotatable bonds is 7. The first-order valence-electron chi connectivity index (χ1n) is 32.9. The molecule has 2 saturated heterocycles. The van der Waals surface area contributed by atoms with Crippen LogP contribution in [0.15, 0.2) is 91.1 Å². The maximum absolute atomic E-state index is 15.7. The third-order valence-electron chi connectivity index (χ3n) is 18.6. The number of phenols is 1. The quantitative estimate of drug-likeness (QED) is 0.0880. The number of nitrogens with one attached hydrogen (secondary N) is 9. The summed E-state index contributed by atoms with van der Waals surface area (Å²) in [6.45, 7) is 1.09. The SMILES string of the molecule is C[C@@H]1NC(=O)[C@@H]2CCCN2C(=O)[C@H](CC2c3cc(F)ccc3NC2C2CCCCCCC2)NC(=O)[C@H](Cc2c[nH]c3ccc(F)cc23)NC(=O)CNC(=O)CNC(=O)CCSCc2cccc(c2)CSCCNC(=O)[C@@H]2CCCN2C(=O)[C@H](Cc2ccc(O)cc2)NC1=O. The number of amides is 9. The summed E-state index contributed by atoms with van der Waals surface area (Å²) in [5, 5.41) is 33.7. The van der Waals surface area contributed by atoms with Gasteiger partial charge >= 0.3 is 0 Å². The van der Waals surface area contributed by atoms with Crippen LogP contribution in [-0.2, 0) is 67.5 Å². The Morgan fingerprint density at radius 3 is 1.94 bits per heavy atom.